The molecule has 0 aliphatic carbocycles. The zero-order valence-electron chi connectivity index (χ0n) is 14.0. The zero-order valence-corrected chi connectivity index (χ0v) is 14.0. The third-order valence-corrected chi connectivity index (χ3v) is 3.61. The Kier molecular flexibility index (Phi) is 4.94. The predicted molar refractivity (Wildman–Crippen MR) is 92.1 cm³/mol. The molecule has 0 aliphatic rings. The maximum absolute atomic E-state index is 12.3. The SMILES string of the molecule is COc1ccc(CNC(=O)c2cnn(-c3ccccc3)n2)cc1OC. The molecular weight excluding hydrogens is 320 g/mol. The van der Waals surface area contributed by atoms with E-state index in [0.717, 1.165) is 11.3 Å². The van der Waals surface area contributed by atoms with E-state index < -0.39 is 0 Å². The number of amides is 1. The minimum atomic E-state index is -0.294. The van der Waals surface area contributed by atoms with Crippen molar-refractivity contribution in [3.8, 4) is 17.2 Å². The standard InChI is InChI=1S/C18H18N4O3/c1-24-16-9-8-13(10-17(16)25-2)11-19-18(23)15-12-20-22(21-15)14-6-4-3-5-7-14/h3-10,12H,11H2,1-2H3,(H,19,23). The molecule has 7 nitrogen and oxygen atoms in total. The van der Waals surface area contributed by atoms with Crippen LogP contribution in [-0.2, 0) is 6.54 Å². The number of benzene rings is 2. The second kappa shape index (κ2) is 7.48. The van der Waals surface area contributed by atoms with Gasteiger partial charge in [0.05, 0.1) is 26.1 Å². The summed E-state index contributed by atoms with van der Waals surface area (Å²) < 4.78 is 10.5. The number of methoxy groups -OCH3 is 2. The van der Waals surface area contributed by atoms with Gasteiger partial charge in [-0.15, -0.1) is 5.10 Å². The van der Waals surface area contributed by atoms with E-state index in [1.165, 1.54) is 11.0 Å². The van der Waals surface area contributed by atoms with Crippen LogP contribution in [0.25, 0.3) is 5.69 Å². The van der Waals surface area contributed by atoms with Gasteiger partial charge in [-0.05, 0) is 29.8 Å². The largest absolute Gasteiger partial charge is 0.493 e. The van der Waals surface area contributed by atoms with Gasteiger partial charge in [-0.1, -0.05) is 24.3 Å². The van der Waals surface area contributed by atoms with Gasteiger partial charge in [-0.3, -0.25) is 4.79 Å². The number of rotatable bonds is 6. The summed E-state index contributed by atoms with van der Waals surface area (Å²) in [5.74, 6) is 0.963. The minimum Gasteiger partial charge on any atom is -0.493 e. The summed E-state index contributed by atoms with van der Waals surface area (Å²) in [5, 5.41) is 11.1. The van der Waals surface area contributed by atoms with E-state index in [4.69, 9.17) is 9.47 Å². The van der Waals surface area contributed by atoms with Crippen LogP contribution in [0.4, 0.5) is 0 Å². The van der Waals surface area contributed by atoms with E-state index in [0.29, 0.717) is 18.0 Å². The summed E-state index contributed by atoms with van der Waals surface area (Å²) >= 11 is 0. The second-order valence-electron chi connectivity index (χ2n) is 5.23. The van der Waals surface area contributed by atoms with E-state index in [-0.39, 0.29) is 11.6 Å². The molecule has 0 unspecified atom stereocenters. The van der Waals surface area contributed by atoms with Crippen LogP contribution in [0.15, 0.2) is 54.7 Å². The van der Waals surface area contributed by atoms with Crippen molar-refractivity contribution in [2.24, 2.45) is 0 Å². The van der Waals surface area contributed by atoms with Gasteiger partial charge in [-0.25, -0.2) is 0 Å². The van der Waals surface area contributed by atoms with Crippen LogP contribution in [0.2, 0.25) is 0 Å². The Morgan fingerprint density at radius 1 is 1.08 bits per heavy atom. The molecule has 0 aliphatic heterocycles. The van der Waals surface area contributed by atoms with Gasteiger partial charge in [0.25, 0.3) is 5.91 Å². The fraction of sp³-hybridized carbons (Fsp3) is 0.167. The maximum atomic E-state index is 12.3. The molecule has 128 valence electrons. The second-order valence-corrected chi connectivity index (χ2v) is 5.23. The summed E-state index contributed by atoms with van der Waals surface area (Å²) in [4.78, 5) is 13.7. The third-order valence-electron chi connectivity index (χ3n) is 3.61. The highest BCUT2D eigenvalue weighted by molar-refractivity contribution is 5.91. The quantitative estimate of drug-likeness (QED) is 0.745. The lowest BCUT2D eigenvalue weighted by Crippen LogP contribution is -2.23. The van der Waals surface area contributed by atoms with E-state index in [1.54, 1.807) is 20.3 Å². The number of nitrogens with one attached hydrogen (secondary N) is 1. The Bertz CT molecular complexity index is 862. The molecule has 0 saturated heterocycles. The lowest BCUT2D eigenvalue weighted by Gasteiger charge is -2.09. The van der Waals surface area contributed by atoms with Crippen molar-refractivity contribution in [2.75, 3.05) is 14.2 Å². The van der Waals surface area contributed by atoms with E-state index in [1.807, 2.05) is 42.5 Å². The van der Waals surface area contributed by atoms with Crippen LogP contribution in [0.3, 0.4) is 0 Å². The molecule has 7 heteroatoms. The molecule has 0 bridgehead atoms. The minimum absolute atomic E-state index is 0.254. The van der Waals surface area contributed by atoms with Crippen LogP contribution < -0.4 is 14.8 Å². The van der Waals surface area contributed by atoms with Crippen molar-refractivity contribution in [3.05, 3.63) is 66.0 Å². The monoisotopic (exact) mass is 338 g/mol. The van der Waals surface area contributed by atoms with Crippen molar-refractivity contribution in [1.82, 2.24) is 20.3 Å². The average Bonchev–Trinajstić information content (AvgIpc) is 3.17. The van der Waals surface area contributed by atoms with E-state index in [9.17, 15) is 4.79 Å². The number of para-hydroxylation sites is 1. The lowest BCUT2D eigenvalue weighted by molar-refractivity contribution is 0.0945. The lowest BCUT2D eigenvalue weighted by atomic mass is 10.2. The molecule has 0 saturated carbocycles. The topological polar surface area (TPSA) is 78.3 Å². The van der Waals surface area contributed by atoms with Crippen molar-refractivity contribution in [3.63, 3.8) is 0 Å². The molecule has 3 rings (SSSR count). The van der Waals surface area contributed by atoms with Crippen LogP contribution in [0.1, 0.15) is 16.1 Å². The Hall–Kier alpha value is -3.35. The maximum Gasteiger partial charge on any atom is 0.273 e. The molecule has 1 heterocycles. The molecular formula is C18H18N4O3. The number of hydrogen-bond acceptors (Lipinski definition) is 5. The van der Waals surface area contributed by atoms with Crippen LogP contribution in [0.5, 0.6) is 11.5 Å². The van der Waals surface area contributed by atoms with Crippen LogP contribution in [-0.4, -0.2) is 35.1 Å². The molecule has 1 N–H and O–H groups in total. The first-order valence-electron chi connectivity index (χ1n) is 7.68. The number of hydrogen-bond donors (Lipinski definition) is 1. The third kappa shape index (κ3) is 3.77. The Labute approximate surface area is 145 Å². The number of nitrogens with zero attached hydrogens (tertiary/aromatic N) is 3. The predicted octanol–water partition coefficient (Wildman–Crippen LogP) is 2.21. The molecule has 1 amide bonds. The van der Waals surface area contributed by atoms with Crippen molar-refractivity contribution >= 4 is 5.91 Å². The Morgan fingerprint density at radius 2 is 1.84 bits per heavy atom. The van der Waals surface area contributed by atoms with Gasteiger partial charge in [0.1, 0.15) is 0 Å². The van der Waals surface area contributed by atoms with Gasteiger partial charge in [-0.2, -0.15) is 9.90 Å². The van der Waals surface area contributed by atoms with Crippen molar-refractivity contribution < 1.29 is 14.3 Å². The summed E-state index contributed by atoms with van der Waals surface area (Å²) in [7, 11) is 3.15. The van der Waals surface area contributed by atoms with Gasteiger partial charge in [0.2, 0.25) is 0 Å². The molecule has 0 fully saturated rings. The molecule has 0 radical (unpaired) electrons. The van der Waals surface area contributed by atoms with Gasteiger partial charge < -0.3 is 14.8 Å². The van der Waals surface area contributed by atoms with Crippen molar-refractivity contribution in [2.45, 2.75) is 6.54 Å². The highest BCUT2D eigenvalue weighted by atomic mass is 16.5. The summed E-state index contributed by atoms with van der Waals surface area (Å²) in [6.45, 7) is 0.345. The van der Waals surface area contributed by atoms with Crippen molar-refractivity contribution in [1.29, 1.82) is 0 Å². The summed E-state index contributed by atoms with van der Waals surface area (Å²) in [6, 6.07) is 14.9. The first-order chi connectivity index (χ1) is 12.2. The molecule has 0 spiro atoms. The molecule has 25 heavy (non-hydrogen) atoms. The highest BCUT2D eigenvalue weighted by Crippen LogP contribution is 2.27. The normalized spacial score (nSPS) is 10.3. The summed E-state index contributed by atoms with van der Waals surface area (Å²) in [5.41, 5.74) is 1.94. The highest BCUT2D eigenvalue weighted by Gasteiger charge is 2.12. The Morgan fingerprint density at radius 3 is 2.56 bits per heavy atom. The van der Waals surface area contributed by atoms with Gasteiger partial charge >= 0.3 is 0 Å². The molecule has 1 aromatic heterocycles. The number of ether oxygens (including phenoxy) is 2. The smallest absolute Gasteiger partial charge is 0.273 e. The number of carbonyl (C=O) groups excluding carboxylic acids is 1. The first-order valence-corrected chi connectivity index (χ1v) is 7.68. The summed E-state index contributed by atoms with van der Waals surface area (Å²) in [6.07, 6.45) is 1.44. The fourth-order valence-electron chi connectivity index (χ4n) is 2.32. The zero-order chi connectivity index (χ0) is 17.6. The van der Waals surface area contributed by atoms with E-state index >= 15 is 0 Å². The number of aromatic nitrogens is 3. The van der Waals surface area contributed by atoms with Gasteiger partial charge in [0, 0.05) is 6.54 Å². The van der Waals surface area contributed by atoms with Gasteiger partial charge in [0.15, 0.2) is 17.2 Å². The molecule has 2 aromatic carbocycles. The fourth-order valence-corrected chi connectivity index (χ4v) is 2.32. The van der Waals surface area contributed by atoms with E-state index in [2.05, 4.69) is 15.5 Å². The van der Waals surface area contributed by atoms with Crippen LogP contribution in [0, 0.1) is 0 Å². The average molecular weight is 338 g/mol. The van der Waals surface area contributed by atoms with Crippen LogP contribution >= 0.6 is 0 Å². The first kappa shape index (κ1) is 16.5. The Balaban J connectivity index is 1.66. The molecule has 0 atom stereocenters. The number of carbonyl (C=O) groups is 1. The molecule has 3 aromatic rings.